The Kier molecular flexibility index (Phi) is 8.32. The van der Waals surface area contributed by atoms with Gasteiger partial charge < -0.3 is 29.9 Å². The highest BCUT2D eigenvalue weighted by atomic mass is 35.5. The lowest BCUT2D eigenvalue weighted by Gasteiger charge is -2.33. The molecule has 1 atom stereocenters. The van der Waals surface area contributed by atoms with Crippen molar-refractivity contribution in [1.29, 1.82) is 0 Å². The van der Waals surface area contributed by atoms with Crippen molar-refractivity contribution < 1.29 is 29.3 Å². The van der Waals surface area contributed by atoms with Gasteiger partial charge in [-0.3, -0.25) is 4.79 Å². The summed E-state index contributed by atoms with van der Waals surface area (Å²) in [5.41, 5.74) is 5.34. The highest BCUT2D eigenvalue weighted by Crippen LogP contribution is 2.42. The van der Waals surface area contributed by atoms with Gasteiger partial charge in [-0.05, 0) is 85.7 Å². The van der Waals surface area contributed by atoms with E-state index in [1.54, 1.807) is 0 Å². The normalized spacial score (nSPS) is 15.9. The van der Waals surface area contributed by atoms with Crippen LogP contribution >= 0.6 is 11.6 Å². The van der Waals surface area contributed by atoms with Crippen molar-refractivity contribution in [2.75, 3.05) is 30.4 Å². The number of nitrogens with zero attached hydrogens (tertiary/aromatic N) is 1. The van der Waals surface area contributed by atoms with Crippen molar-refractivity contribution in [2.45, 2.75) is 38.7 Å². The van der Waals surface area contributed by atoms with E-state index in [0.29, 0.717) is 28.8 Å². The van der Waals surface area contributed by atoms with Crippen LogP contribution in [-0.2, 0) is 0 Å². The Morgan fingerprint density at radius 1 is 1.08 bits per heavy atom. The Labute approximate surface area is 226 Å². The van der Waals surface area contributed by atoms with Gasteiger partial charge in [0.05, 0.1) is 22.9 Å². The summed E-state index contributed by atoms with van der Waals surface area (Å²) in [4.78, 5) is 23.8. The Balaban J connectivity index is 0.000000786. The van der Waals surface area contributed by atoms with Crippen molar-refractivity contribution in [2.24, 2.45) is 0 Å². The average Bonchev–Trinajstić information content (AvgIpc) is 3.71. The summed E-state index contributed by atoms with van der Waals surface area (Å²) < 4.78 is 12.3. The maximum Gasteiger partial charge on any atom is 0.503 e. The second-order valence-corrected chi connectivity index (χ2v) is 9.99. The number of hydrogen-bond acceptors (Lipinski definition) is 5. The molecule has 1 heterocycles. The second-order valence-electron chi connectivity index (χ2n) is 9.58. The number of benzene rings is 3. The van der Waals surface area contributed by atoms with Gasteiger partial charge in [-0.1, -0.05) is 29.8 Å². The maximum absolute atomic E-state index is 13.1. The van der Waals surface area contributed by atoms with E-state index in [1.807, 2.05) is 62.4 Å². The predicted octanol–water partition coefficient (Wildman–Crippen LogP) is 6.59. The lowest BCUT2D eigenvalue weighted by atomic mass is 10.0. The summed E-state index contributed by atoms with van der Waals surface area (Å²) in [7, 11) is 2.06. The fraction of sp³-hybridized carbons (Fsp3) is 0.310. The van der Waals surface area contributed by atoms with Crippen LogP contribution in [0.5, 0.6) is 11.5 Å². The Morgan fingerprint density at radius 2 is 1.79 bits per heavy atom. The van der Waals surface area contributed by atoms with Gasteiger partial charge in [-0.25, -0.2) is 4.79 Å². The summed E-state index contributed by atoms with van der Waals surface area (Å²) in [6.45, 7) is 5.05. The number of amides is 1. The number of carbonyl (C=O) groups excluding carboxylic acids is 1. The number of likely N-dealkylation sites (N-methyl/N-ethyl adjacent to an activating group) is 1. The van der Waals surface area contributed by atoms with Gasteiger partial charge in [0.15, 0.2) is 0 Å². The number of nitrogens with one attached hydrogen (secondary N) is 1. The van der Waals surface area contributed by atoms with Crippen LogP contribution in [0.15, 0.2) is 54.6 Å². The van der Waals surface area contributed by atoms with Gasteiger partial charge in [0, 0.05) is 12.6 Å². The summed E-state index contributed by atoms with van der Waals surface area (Å²) >= 11 is 6.36. The molecule has 5 rings (SSSR count). The van der Waals surface area contributed by atoms with Gasteiger partial charge in [0.25, 0.3) is 5.91 Å². The van der Waals surface area contributed by atoms with Crippen molar-refractivity contribution >= 4 is 35.0 Å². The molecule has 1 fully saturated rings. The third kappa shape index (κ3) is 6.69. The molecule has 1 aliphatic carbocycles. The predicted molar refractivity (Wildman–Crippen MR) is 148 cm³/mol. The van der Waals surface area contributed by atoms with Gasteiger partial charge in [0.1, 0.15) is 24.2 Å². The molecule has 3 aromatic rings. The molecule has 0 saturated heterocycles. The molecule has 0 aromatic heterocycles. The smallest absolute Gasteiger partial charge is 0.489 e. The number of rotatable bonds is 6. The van der Waals surface area contributed by atoms with Crippen molar-refractivity contribution in [1.82, 2.24) is 0 Å². The van der Waals surface area contributed by atoms with Crippen LogP contribution in [0.2, 0.25) is 5.02 Å². The molecule has 0 radical (unpaired) electrons. The third-order valence-electron chi connectivity index (χ3n) is 6.53. The average molecular weight is 539 g/mol. The first kappa shape index (κ1) is 27.1. The standard InChI is InChI=1S/C28H29ClN2O3.CH2O3/c1-17-13-27(33-16-21-15-31(3)25-6-4-5-7-26(25)34-21)18(2)12-22(17)28(32)30-24-14-20(19-8-9-19)10-11-23(24)29;2-1(3)4/h4-7,10-14,19,21H,8-9,15-16H2,1-3H3,(H,30,32);(H2,2,3,4)/t21-;/m0./s1. The van der Waals surface area contributed by atoms with E-state index in [-0.39, 0.29) is 12.0 Å². The molecule has 3 N–H and O–H groups in total. The Bertz CT molecular complexity index is 1340. The number of carboxylic acid groups (broad SMARTS) is 2. The minimum absolute atomic E-state index is 0.0801. The SMILES string of the molecule is Cc1cc(C(=O)Nc2cc(C3CC3)ccc2Cl)c(C)cc1OC[C@@H]1CN(C)c2ccccc2O1.O=C(O)O. The molecule has 0 bridgehead atoms. The van der Waals surface area contributed by atoms with Crippen LogP contribution in [0.3, 0.4) is 0 Å². The molecule has 1 saturated carbocycles. The molecule has 0 unspecified atom stereocenters. The van der Waals surface area contributed by atoms with Crippen LogP contribution in [0, 0.1) is 13.8 Å². The Morgan fingerprint density at radius 3 is 2.50 bits per heavy atom. The molecule has 1 amide bonds. The number of hydrogen-bond donors (Lipinski definition) is 3. The summed E-state index contributed by atoms with van der Waals surface area (Å²) in [6.07, 6.45) is 0.482. The van der Waals surface area contributed by atoms with E-state index >= 15 is 0 Å². The summed E-state index contributed by atoms with van der Waals surface area (Å²) in [6, 6.07) is 17.7. The number of anilines is 2. The fourth-order valence-electron chi connectivity index (χ4n) is 4.45. The molecule has 200 valence electrons. The van der Waals surface area contributed by atoms with Gasteiger partial charge in [-0.2, -0.15) is 0 Å². The first-order valence-electron chi connectivity index (χ1n) is 12.4. The zero-order chi connectivity index (χ0) is 27.4. The molecule has 9 heteroatoms. The number of fused-ring (bicyclic) bond motifs is 1. The Hall–Kier alpha value is -3.91. The maximum atomic E-state index is 13.1. The van der Waals surface area contributed by atoms with E-state index in [2.05, 4.69) is 23.3 Å². The zero-order valence-corrected chi connectivity index (χ0v) is 22.3. The number of carbonyl (C=O) groups is 2. The van der Waals surface area contributed by atoms with Crippen LogP contribution in [-0.4, -0.2) is 48.6 Å². The van der Waals surface area contributed by atoms with Gasteiger partial charge >= 0.3 is 6.16 Å². The van der Waals surface area contributed by atoms with E-state index in [9.17, 15) is 4.79 Å². The molecule has 0 spiro atoms. The number of para-hydroxylation sites is 2. The molecule has 8 nitrogen and oxygen atoms in total. The lowest BCUT2D eigenvalue weighted by molar-refractivity contribution is 0.102. The quantitative estimate of drug-likeness (QED) is 0.325. The van der Waals surface area contributed by atoms with E-state index < -0.39 is 6.16 Å². The van der Waals surface area contributed by atoms with E-state index in [4.69, 9.17) is 36.1 Å². The number of ether oxygens (including phenoxy) is 2. The summed E-state index contributed by atoms with van der Waals surface area (Å²) in [5.74, 6) is 2.05. The first-order chi connectivity index (χ1) is 18.1. The molecular formula is C29H31ClN2O6. The van der Waals surface area contributed by atoms with Crippen LogP contribution in [0.1, 0.15) is 45.8 Å². The fourth-order valence-corrected chi connectivity index (χ4v) is 4.62. The lowest BCUT2D eigenvalue weighted by Crippen LogP contribution is -2.41. The van der Waals surface area contributed by atoms with Gasteiger partial charge in [-0.15, -0.1) is 0 Å². The largest absolute Gasteiger partial charge is 0.503 e. The second kappa shape index (κ2) is 11.6. The minimum Gasteiger partial charge on any atom is -0.489 e. The van der Waals surface area contributed by atoms with Crippen molar-refractivity contribution in [3.8, 4) is 11.5 Å². The molecule has 2 aliphatic rings. The highest BCUT2D eigenvalue weighted by Gasteiger charge is 2.25. The third-order valence-corrected chi connectivity index (χ3v) is 6.86. The van der Waals surface area contributed by atoms with E-state index in [1.165, 1.54) is 18.4 Å². The molecular weight excluding hydrogens is 508 g/mol. The topological polar surface area (TPSA) is 108 Å². The van der Waals surface area contributed by atoms with Crippen LogP contribution in [0.25, 0.3) is 0 Å². The first-order valence-corrected chi connectivity index (χ1v) is 12.7. The molecule has 38 heavy (non-hydrogen) atoms. The van der Waals surface area contributed by atoms with E-state index in [0.717, 1.165) is 34.9 Å². The molecule has 3 aromatic carbocycles. The monoisotopic (exact) mass is 538 g/mol. The van der Waals surface area contributed by atoms with Crippen molar-refractivity contribution in [3.05, 3.63) is 81.9 Å². The highest BCUT2D eigenvalue weighted by molar-refractivity contribution is 6.34. The summed E-state index contributed by atoms with van der Waals surface area (Å²) in [5, 5.41) is 17.5. The number of halogens is 1. The van der Waals surface area contributed by atoms with Crippen LogP contribution < -0.4 is 19.7 Å². The zero-order valence-electron chi connectivity index (χ0n) is 21.5. The minimum atomic E-state index is -1.83. The van der Waals surface area contributed by atoms with Gasteiger partial charge in [0.2, 0.25) is 0 Å². The van der Waals surface area contributed by atoms with Crippen LogP contribution in [0.4, 0.5) is 16.2 Å². The van der Waals surface area contributed by atoms with Crippen molar-refractivity contribution in [3.63, 3.8) is 0 Å². The number of aryl methyl sites for hydroxylation is 2. The molecule has 1 aliphatic heterocycles.